The quantitative estimate of drug-likeness (QED) is 0.879. The van der Waals surface area contributed by atoms with Crippen LogP contribution in [0, 0.1) is 5.92 Å². The second-order valence-corrected chi connectivity index (χ2v) is 5.31. The number of aromatic nitrogens is 1. The van der Waals surface area contributed by atoms with E-state index in [9.17, 15) is 9.59 Å². The molecule has 1 aromatic carbocycles. The number of nitrogens with one attached hydrogen (secondary N) is 2. The minimum Gasteiger partial charge on any atom is -0.439 e. The average molecular weight is 311 g/mol. The highest BCUT2D eigenvalue weighted by Crippen LogP contribution is 2.22. The van der Waals surface area contributed by atoms with Gasteiger partial charge in [-0.15, -0.1) is 0 Å². The van der Waals surface area contributed by atoms with Crippen LogP contribution in [0.1, 0.15) is 12.0 Å². The van der Waals surface area contributed by atoms with E-state index < -0.39 is 0 Å². The van der Waals surface area contributed by atoms with Gasteiger partial charge in [-0.25, -0.2) is 4.98 Å². The van der Waals surface area contributed by atoms with Gasteiger partial charge >= 0.3 is 0 Å². The van der Waals surface area contributed by atoms with Gasteiger partial charge in [-0.1, -0.05) is 24.3 Å². The third kappa shape index (κ3) is 3.85. The number of hydrogen-bond acceptors (Lipinski definition) is 4. The summed E-state index contributed by atoms with van der Waals surface area (Å²) in [6, 6.07) is 13.0. The third-order valence-electron chi connectivity index (χ3n) is 3.61. The summed E-state index contributed by atoms with van der Waals surface area (Å²) < 4.78 is 5.76. The zero-order valence-electron chi connectivity index (χ0n) is 12.5. The number of carbonyl (C=O) groups is 2. The second-order valence-electron chi connectivity index (χ2n) is 5.31. The molecule has 2 N–H and O–H groups in total. The summed E-state index contributed by atoms with van der Waals surface area (Å²) in [5.41, 5.74) is 0.780. The van der Waals surface area contributed by atoms with Gasteiger partial charge in [0.2, 0.25) is 17.7 Å². The van der Waals surface area contributed by atoms with Gasteiger partial charge in [0.1, 0.15) is 5.75 Å². The molecule has 0 radical (unpaired) electrons. The zero-order valence-corrected chi connectivity index (χ0v) is 12.5. The molecule has 0 bridgehead atoms. The van der Waals surface area contributed by atoms with Crippen molar-refractivity contribution in [3.8, 4) is 11.6 Å². The maximum atomic E-state index is 12.1. The summed E-state index contributed by atoms with van der Waals surface area (Å²) >= 11 is 0. The van der Waals surface area contributed by atoms with Crippen LogP contribution in [-0.4, -0.2) is 23.3 Å². The van der Waals surface area contributed by atoms with E-state index in [0.29, 0.717) is 24.7 Å². The maximum absolute atomic E-state index is 12.1. The van der Waals surface area contributed by atoms with Gasteiger partial charge in [-0.2, -0.15) is 0 Å². The predicted octanol–water partition coefficient (Wildman–Crippen LogP) is 1.63. The predicted molar refractivity (Wildman–Crippen MR) is 83.7 cm³/mol. The largest absolute Gasteiger partial charge is 0.439 e. The van der Waals surface area contributed by atoms with Crippen LogP contribution < -0.4 is 15.4 Å². The van der Waals surface area contributed by atoms with Gasteiger partial charge in [0, 0.05) is 31.3 Å². The minimum atomic E-state index is -0.308. The van der Waals surface area contributed by atoms with Gasteiger partial charge in [-0.05, 0) is 18.2 Å². The van der Waals surface area contributed by atoms with Gasteiger partial charge < -0.3 is 15.4 Å². The van der Waals surface area contributed by atoms with Gasteiger partial charge in [0.15, 0.2) is 0 Å². The molecule has 23 heavy (non-hydrogen) atoms. The molecule has 0 spiro atoms. The van der Waals surface area contributed by atoms with Crippen molar-refractivity contribution in [3.63, 3.8) is 0 Å². The number of benzene rings is 1. The van der Waals surface area contributed by atoms with E-state index in [-0.39, 0.29) is 24.2 Å². The lowest BCUT2D eigenvalue weighted by Gasteiger charge is -2.12. The van der Waals surface area contributed by atoms with E-state index in [0.717, 1.165) is 5.56 Å². The number of amides is 2. The minimum absolute atomic E-state index is 0.0837. The second kappa shape index (κ2) is 6.91. The lowest BCUT2D eigenvalue weighted by molar-refractivity contribution is -0.126. The van der Waals surface area contributed by atoms with E-state index in [1.54, 1.807) is 12.3 Å². The fourth-order valence-corrected chi connectivity index (χ4v) is 2.37. The van der Waals surface area contributed by atoms with E-state index in [1.165, 1.54) is 0 Å². The Bertz CT molecular complexity index is 703. The van der Waals surface area contributed by atoms with E-state index in [2.05, 4.69) is 15.6 Å². The monoisotopic (exact) mass is 311 g/mol. The molecule has 6 heteroatoms. The fourth-order valence-electron chi connectivity index (χ4n) is 2.37. The molecule has 1 aliphatic rings. The highest BCUT2D eigenvalue weighted by molar-refractivity contribution is 5.89. The first-order chi connectivity index (χ1) is 11.2. The van der Waals surface area contributed by atoms with Crippen molar-refractivity contribution >= 4 is 11.8 Å². The van der Waals surface area contributed by atoms with Gasteiger partial charge in [0.25, 0.3) is 0 Å². The average Bonchev–Trinajstić information content (AvgIpc) is 3.01. The molecular weight excluding hydrogens is 294 g/mol. The summed E-state index contributed by atoms with van der Waals surface area (Å²) in [6.07, 6.45) is 1.88. The molecule has 6 nitrogen and oxygen atoms in total. The molecule has 1 fully saturated rings. The summed E-state index contributed by atoms with van der Waals surface area (Å²) in [7, 11) is 0. The van der Waals surface area contributed by atoms with Gasteiger partial charge in [0.05, 0.1) is 5.92 Å². The van der Waals surface area contributed by atoms with Crippen LogP contribution in [0.3, 0.4) is 0 Å². The first-order valence-corrected chi connectivity index (χ1v) is 7.43. The van der Waals surface area contributed by atoms with E-state index in [4.69, 9.17) is 4.74 Å². The number of para-hydroxylation sites is 1. The molecule has 1 aliphatic heterocycles. The molecule has 2 amide bonds. The Balaban J connectivity index is 1.64. The molecule has 2 aromatic rings. The Morgan fingerprint density at radius 2 is 2.09 bits per heavy atom. The molecule has 118 valence electrons. The molecule has 1 aromatic heterocycles. The molecule has 0 unspecified atom stereocenters. The van der Waals surface area contributed by atoms with E-state index in [1.807, 2.05) is 36.4 Å². The molecule has 3 rings (SSSR count). The van der Waals surface area contributed by atoms with Gasteiger partial charge in [-0.3, -0.25) is 9.59 Å². The Hall–Kier alpha value is -2.89. The summed E-state index contributed by atoms with van der Waals surface area (Å²) in [6.45, 7) is 0.699. The number of rotatable bonds is 5. The first-order valence-electron chi connectivity index (χ1n) is 7.43. The van der Waals surface area contributed by atoms with Crippen LogP contribution in [0.2, 0.25) is 0 Å². The Morgan fingerprint density at radius 1 is 1.26 bits per heavy atom. The summed E-state index contributed by atoms with van der Waals surface area (Å²) in [5.74, 6) is 0.610. The number of nitrogens with zero attached hydrogens (tertiary/aromatic N) is 1. The fraction of sp³-hybridized carbons (Fsp3) is 0.235. The summed E-state index contributed by atoms with van der Waals surface area (Å²) in [4.78, 5) is 27.5. The van der Waals surface area contributed by atoms with Crippen molar-refractivity contribution < 1.29 is 14.3 Å². The normalized spacial score (nSPS) is 16.7. The lowest BCUT2D eigenvalue weighted by atomic mass is 10.1. The van der Waals surface area contributed by atoms with Crippen molar-refractivity contribution in [1.82, 2.24) is 15.6 Å². The molecule has 2 heterocycles. The third-order valence-corrected chi connectivity index (χ3v) is 3.61. The van der Waals surface area contributed by atoms with Crippen molar-refractivity contribution in [2.75, 3.05) is 6.54 Å². The number of carbonyl (C=O) groups excluding carboxylic acids is 2. The first kappa shape index (κ1) is 15.0. The standard InChI is InChI=1S/C17H17N3O3/c21-15-9-13(11-19-15)16(22)20-10-12-5-4-8-18-17(12)23-14-6-2-1-3-7-14/h1-8,13H,9-11H2,(H,19,21)(H,20,22)/t13-/m0/s1. The maximum Gasteiger partial charge on any atom is 0.225 e. The van der Waals surface area contributed by atoms with Crippen molar-refractivity contribution in [1.29, 1.82) is 0 Å². The van der Waals surface area contributed by atoms with Crippen LogP contribution >= 0.6 is 0 Å². The van der Waals surface area contributed by atoms with Crippen molar-refractivity contribution in [2.24, 2.45) is 5.92 Å². The topological polar surface area (TPSA) is 80.3 Å². The van der Waals surface area contributed by atoms with Crippen molar-refractivity contribution in [3.05, 3.63) is 54.2 Å². The highest BCUT2D eigenvalue weighted by Gasteiger charge is 2.27. The Morgan fingerprint density at radius 3 is 2.83 bits per heavy atom. The molecular formula is C17H17N3O3. The van der Waals surface area contributed by atoms with Crippen LogP contribution in [-0.2, 0) is 16.1 Å². The van der Waals surface area contributed by atoms with Crippen LogP contribution in [0.15, 0.2) is 48.7 Å². The lowest BCUT2D eigenvalue weighted by Crippen LogP contribution is -2.31. The molecule has 1 atom stereocenters. The van der Waals surface area contributed by atoms with Crippen LogP contribution in [0.5, 0.6) is 11.6 Å². The Kier molecular flexibility index (Phi) is 4.52. The number of pyridine rings is 1. The molecule has 0 saturated carbocycles. The smallest absolute Gasteiger partial charge is 0.225 e. The van der Waals surface area contributed by atoms with E-state index >= 15 is 0 Å². The molecule has 1 saturated heterocycles. The van der Waals surface area contributed by atoms with Crippen molar-refractivity contribution in [2.45, 2.75) is 13.0 Å². The Labute approximate surface area is 133 Å². The summed E-state index contributed by atoms with van der Waals surface area (Å²) in [5, 5.41) is 5.49. The van der Waals surface area contributed by atoms with Crippen LogP contribution in [0.25, 0.3) is 0 Å². The highest BCUT2D eigenvalue weighted by atomic mass is 16.5. The molecule has 0 aliphatic carbocycles. The number of hydrogen-bond donors (Lipinski definition) is 2. The number of ether oxygens (including phenoxy) is 1. The van der Waals surface area contributed by atoms with Crippen LogP contribution in [0.4, 0.5) is 0 Å². The SMILES string of the molecule is O=C1C[C@H](C(=O)NCc2cccnc2Oc2ccccc2)CN1. The zero-order chi connectivity index (χ0) is 16.1.